The molecule has 0 fully saturated rings. The summed E-state index contributed by atoms with van der Waals surface area (Å²) in [5, 5.41) is 23.3. The Morgan fingerprint density at radius 3 is 2.62 bits per heavy atom. The molecule has 0 radical (unpaired) electrons. The van der Waals surface area contributed by atoms with Gasteiger partial charge in [0.15, 0.2) is 0 Å². The molecule has 112 valence electrons. The van der Waals surface area contributed by atoms with Crippen molar-refractivity contribution in [2.75, 3.05) is 11.9 Å². The second-order valence-electron chi connectivity index (χ2n) is 5.14. The Hall–Kier alpha value is -2.55. The Bertz CT molecular complexity index is 592. The number of nitrogens with one attached hydrogen (secondary N) is 2. The zero-order valence-electron chi connectivity index (χ0n) is 12.4. The van der Waals surface area contributed by atoms with Gasteiger partial charge in [-0.15, -0.1) is 0 Å². The number of carboxylic acids is 1. The van der Waals surface area contributed by atoms with Crippen molar-refractivity contribution in [1.82, 2.24) is 5.32 Å². The van der Waals surface area contributed by atoms with Crippen LogP contribution in [0.15, 0.2) is 18.2 Å². The third-order valence-electron chi connectivity index (χ3n) is 3.57. The van der Waals surface area contributed by atoms with Crippen molar-refractivity contribution in [2.45, 2.75) is 27.2 Å². The minimum Gasteiger partial charge on any atom is -0.481 e. The molecule has 0 aliphatic heterocycles. The number of hydrogen-bond donors (Lipinski definition) is 3. The van der Waals surface area contributed by atoms with Crippen LogP contribution in [0, 0.1) is 23.7 Å². The normalized spacial score (nSPS) is 12.9. The quantitative estimate of drug-likeness (QED) is 0.774. The van der Waals surface area contributed by atoms with E-state index in [1.807, 2.05) is 6.07 Å². The van der Waals surface area contributed by atoms with Crippen molar-refractivity contribution >= 4 is 17.7 Å². The van der Waals surface area contributed by atoms with Gasteiger partial charge in [0.05, 0.1) is 16.7 Å². The monoisotopic (exact) mass is 289 g/mol. The summed E-state index contributed by atoms with van der Waals surface area (Å²) in [6.45, 7) is 5.11. The summed E-state index contributed by atoms with van der Waals surface area (Å²) in [4.78, 5) is 23.0. The van der Waals surface area contributed by atoms with Crippen LogP contribution in [0.3, 0.4) is 0 Å². The van der Waals surface area contributed by atoms with Crippen LogP contribution >= 0.6 is 0 Å². The van der Waals surface area contributed by atoms with Crippen molar-refractivity contribution < 1.29 is 14.7 Å². The van der Waals surface area contributed by atoms with Crippen LogP contribution in [-0.2, 0) is 4.79 Å². The molecule has 0 spiro atoms. The number of nitrogens with zero attached hydrogens (tertiary/aromatic N) is 1. The number of carbonyl (C=O) groups is 2. The second-order valence-corrected chi connectivity index (χ2v) is 5.14. The van der Waals surface area contributed by atoms with E-state index >= 15 is 0 Å². The fourth-order valence-electron chi connectivity index (χ4n) is 1.71. The number of rotatable bonds is 5. The molecule has 0 aliphatic carbocycles. The first-order chi connectivity index (χ1) is 9.84. The molecule has 1 aromatic carbocycles. The number of urea groups is 1. The molecule has 6 heteroatoms. The number of carboxylic acid groups (broad SMARTS) is 1. The molecule has 0 aliphatic rings. The van der Waals surface area contributed by atoms with Crippen molar-refractivity contribution in [2.24, 2.45) is 5.41 Å². The summed E-state index contributed by atoms with van der Waals surface area (Å²) in [5.74, 6) is -0.960. The summed E-state index contributed by atoms with van der Waals surface area (Å²) in [7, 11) is 0. The summed E-state index contributed by atoms with van der Waals surface area (Å²) < 4.78 is 0. The van der Waals surface area contributed by atoms with Gasteiger partial charge in [-0.25, -0.2) is 4.79 Å². The maximum atomic E-state index is 11.9. The number of amides is 2. The minimum absolute atomic E-state index is 0.0123. The van der Waals surface area contributed by atoms with Crippen LogP contribution in [-0.4, -0.2) is 23.7 Å². The molecule has 0 heterocycles. The molecular weight excluding hydrogens is 270 g/mol. The topological polar surface area (TPSA) is 102 Å². The van der Waals surface area contributed by atoms with Crippen molar-refractivity contribution in [1.29, 1.82) is 5.26 Å². The molecule has 2 amide bonds. The third-order valence-corrected chi connectivity index (χ3v) is 3.57. The Morgan fingerprint density at radius 1 is 1.43 bits per heavy atom. The minimum atomic E-state index is -1.01. The van der Waals surface area contributed by atoms with E-state index in [2.05, 4.69) is 10.6 Å². The first-order valence-corrected chi connectivity index (χ1v) is 6.62. The van der Waals surface area contributed by atoms with Gasteiger partial charge in [-0.2, -0.15) is 5.26 Å². The van der Waals surface area contributed by atoms with Crippen LogP contribution in [0.5, 0.6) is 0 Å². The lowest BCUT2D eigenvalue weighted by Gasteiger charge is -2.23. The van der Waals surface area contributed by atoms with Gasteiger partial charge in [0.1, 0.15) is 6.07 Å². The standard InChI is InChI=1S/C15H19N3O3/c1-4-15(3,13(19)20)9-17-14(21)18-12-7-5-6-10(2)11(12)8-16/h5-7H,4,9H2,1-3H3,(H,19,20)(H2,17,18,21). The van der Waals surface area contributed by atoms with Crippen molar-refractivity contribution in [3.63, 3.8) is 0 Å². The molecule has 6 nitrogen and oxygen atoms in total. The van der Waals surface area contributed by atoms with Crippen molar-refractivity contribution in [3.05, 3.63) is 29.3 Å². The molecule has 0 aromatic heterocycles. The van der Waals surface area contributed by atoms with Gasteiger partial charge in [-0.05, 0) is 31.9 Å². The zero-order valence-corrected chi connectivity index (χ0v) is 12.4. The summed E-state index contributed by atoms with van der Waals surface area (Å²) >= 11 is 0. The molecule has 0 saturated heterocycles. The highest BCUT2D eigenvalue weighted by atomic mass is 16.4. The van der Waals surface area contributed by atoms with Gasteiger partial charge >= 0.3 is 12.0 Å². The summed E-state index contributed by atoms with van der Waals surface area (Å²) in [6.07, 6.45) is 0.399. The SMILES string of the molecule is CCC(C)(CNC(=O)Nc1cccc(C)c1C#N)C(=O)O. The van der Waals surface area contributed by atoms with Gasteiger partial charge in [0, 0.05) is 6.54 Å². The third kappa shape index (κ3) is 3.96. The van der Waals surface area contributed by atoms with E-state index < -0.39 is 17.4 Å². The van der Waals surface area contributed by atoms with E-state index in [1.54, 1.807) is 39.0 Å². The maximum Gasteiger partial charge on any atom is 0.319 e. The molecule has 0 bridgehead atoms. The van der Waals surface area contributed by atoms with E-state index in [0.29, 0.717) is 17.7 Å². The van der Waals surface area contributed by atoms with Gasteiger partial charge in [-0.3, -0.25) is 4.79 Å². The molecular formula is C15H19N3O3. The summed E-state index contributed by atoms with van der Waals surface area (Å²) in [6, 6.07) is 6.64. The lowest BCUT2D eigenvalue weighted by atomic mass is 9.88. The van der Waals surface area contributed by atoms with E-state index in [-0.39, 0.29) is 6.54 Å². The smallest absolute Gasteiger partial charge is 0.319 e. The molecule has 21 heavy (non-hydrogen) atoms. The van der Waals surface area contributed by atoms with E-state index in [9.17, 15) is 9.59 Å². The number of nitriles is 1. The average Bonchev–Trinajstić information content (AvgIpc) is 2.45. The number of carbonyl (C=O) groups excluding carboxylic acids is 1. The number of anilines is 1. The predicted molar refractivity (Wildman–Crippen MR) is 78.9 cm³/mol. The zero-order chi connectivity index (χ0) is 16.0. The molecule has 3 N–H and O–H groups in total. The Balaban J connectivity index is 2.74. The van der Waals surface area contributed by atoms with Crippen LogP contribution in [0.25, 0.3) is 0 Å². The largest absolute Gasteiger partial charge is 0.481 e. The van der Waals surface area contributed by atoms with Crippen LogP contribution in [0.1, 0.15) is 31.4 Å². The van der Waals surface area contributed by atoms with E-state index in [1.165, 1.54) is 0 Å². The average molecular weight is 289 g/mol. The Labute approximate surface area is 123 Å². The van der Waals surface area contributed by atoms with Gasteiger partial charge in [-0.1, -0.05) is 19.1 Å². The van der Waals surface area contributed by atoms with Gasteiger partial charge in [0.2, 0.25) is 0 Å². The first-order valence-electron chi connectivity index (χ1n) is 6.62. The fraction of sp³-hybridized carbons (Fsp3) is 0.400. The molecule has 1 aromatic rings. The van der Waals surface area contributed by atoms with E-state index in [0.717, 1.165) is 5.56 Å². The van der Waals surface area contributed by atoms with Gasteiger partial charge < -0.3 is 15.7 Å². The number of aryl methyl sites for hydroxylation is 1. The molecule has 1 atom stereocenters. The molecule has 1 rings (SSSR count). The lowest BCUT2D eigenvalue weighted by molar-refractivity contribution is -0.147. The molecule has 0 saturated carbocycles. The maximum absolute atomic E-state index is 11.9. The summed E-state index contributed by atoms with van der Waals surface area (Å²) in [5.41, 5.74) is 0.550. The van der Waals surface area contributed by atoms with Crippen LogP contribution in [0.2, 0.25) is 0 Å². The fourth-order valence-corrected chi connectivity index (χ4v) is 1.71. The van der Waals surface area contributed by atoms with Crippen molar-refractivity contribution in [3.8, 4) is 6.07 Å². The highest BCUT2D eigenvalue weighted by molar-refractivity contribution is 5.91. The lowest BCUT2D eigenvalue weighted by Crippen LogP contribution is -2.42. The Morgan fingerprint density at radius 2 is 2.10 bits per heavy atom. The highest BCUT2D eigenvalue weighted by Crippen LogP contribution is 2.21. The molecule has 1 unspecified atom stereocenters. The second kappa shape index (κ2) is 6.75. The number of hydrogen-bond acceptors (Lipinski definition) is 3. The van der Waals surface area contributed by atoms with Crippen LogP contribution < -0.4 is 10.6 Å². The highest BCUT2D eigenvalue weighted by Gasteiger charge is 2.31. The first kappa shape index (κ1) is 16.5. The number of aliphatic carboxylic acids is 1. The number of benzene rings is 1. The Kier molecular flexibility index (Phi) is 5.30. The van der Waals surface area contributed by atoms with Gasteiger partial charge in [0.25, 0.3) is 0 Å². The van der Waals surface area contributed by atoms with E-state index in [4.69, 9.17) is 10.4 Å². The van der Waals surface area contributed by atoms with Crippen LogP contribution in [0.4, 0.5) is 10.5 Å². The predicted octanol–water partition coefficient (Wildman–Crippen LogP) is 2.49.